The molecule has 144 valence electrons. The van der Waals surface area contributed by atoms with Crippen molar-refractivity contribution in [2.24, 2.45) is 0 Å². The van der Waals surface area contributed by atoms with Crippen molar-refractivity contribution in [3.63, 3.8) is 0 Å². The molecule has 1 atom stereocenters. The van der Waals surface area contributed by atoms with E-state index in [2.05, 4.69) is 27.3 Å². The third-order valence-corrected chi connectivity index (χ3v) is 4.87. The number of likely N-dealkylation sites (tertiary alicyclic amines) is 1. The van der Waals surface area contributed by atoms with Crippen LogP contribution in [0, 0.1) is 0 Å². The maximum atomic E-state index is 11.0. The van der Waals surface area contributed by atoms with Crippen LogP contribution in [0.15, 0.2) is 59.4 Å². The Morgan fingerprint density at radius 2 is 2.25 bits per heavy atom. The zero-order chi connectivity index (χ0) is 19.3. The van der Waals surface area contributed by atoms with Gasteiger partial charge in [0.1, 0.15) is 11.4 Å². The van der Waals surface area contributed by atoms with Crippen LogP contribution in [0.4, 0.5) is 5.82 Å². The van der Waals surface area contributed by atoms with Crippen LogP contribution in [-0.2, 0) is 11.3 Å². The highest BCUT2D eigenvalue weighted by Gasteiger charge is 2.22. The van der Waals surface area contributed by atoms with Gasteiger partial charge in [0.05, 0.1) is 6.26 Å². The minimum atomic E-state index is -0.569. The van der Waals surface area contributed by atoms with Crippen LogP contribution in [-0.4, -0.2) is 40.1 Å². The highest BCUT2D eigenvalue weighted by molar-refractivity contribution is 5.90. The number of pyridine rings is 1. The predicted molar refractivity (Wildman–Crippen MR) is 107 cm³/mol. The highest BCUT2D eigenvalue weighted by Crippen LogP contribution is 2.21. The van der Waals surface area contributed by atoms with Crippen molar-refractivity contribution in [3.8, 4) is 0 Å². The quantitative estimate of drug-likeness (QED) is 0.347. The van der Waals surface area contributed by atoms with E-state index >= 15 is 0 Å². The van der Waals surface area contributed by atoms with Gasteiger partial charge in [-0.25, -0.2) is 10.5 Å². The molecule has 0 saturated carbocycles. The lowest BCUT2D eigenvalue weighted by molar-refractivity contribution is -0.124. The van der Waals surface area contributed by atoms with E-state index < -0.39 is 5.91 Å². The van der Waals surface area contributed by atoms with E-state index in [9.17, 15) is 4.79 Å². The van der Waals surface area contributed by atoms with E-state index in [-0.39, 0.29) is 0 Å². The molecule has 0 unspecified atom stereocenters. The fourth-order valence-electron chi connectivity index (χ4n) is 3.47. The number of anilines is 1. The number of hydrogen-bond acceptors (Lipinski definition) is 6. The standard InChI is InChI=1S/C21H22N4O3/c26-21(24-27)6-3-15-2-5-20(22-12-15)23-18-7-9-25(14-18)13-16-1-4-19-17(11-16)8-10-28-19/h1-6,8,10-12,18,27H,7,9,13-14H2,(H,22,23)(H,24,26)/b6-3+/t18-/m1/s1. The third kappa shape index (κ3) is 4.39. The first-order valence-corrected chi connectivity index (χ1v) is 9.23. The number of fused-ring (bicyclic) bond motifs is 1. The van der Waals surface area contributed by atoms with Gasteiger partial charge in [0.25, 0.3) is 5.91 Å². The van der Waals surface area contributed by atoms with Gasteiger partial charge in [0, 0.05) is 43.3 Å². The third-order valence-electron chi connectivity index (χ3n) is 4.87. The van der Waals surface area contributed by atoms with E-state index in [4.69, 9.17) is 9.62 Å². The van der Waals surface area contributed by atoms with Gasteiger partial charge >= 0.3 is 0 Å². The van der Waals surface area contributed by atoms with Crippen LogP contribution in [0.25, 0.3) is 17.0 Å². The molecular weight excluding hydrogens is 356 g/mol. The van der Waals surface area contributed by atoms with E-state index in [0.29, 0.717) is 6.04 Å². The van der Waals surface area contributed by atoms with E-state index in [1.807, 2.05) is 24.3 Å². The number of hydrogen-bond donors (Lipinski definition) is 3. The molecule has 3 heterocycles. The minimum Gasteiger partial charge on any atom is -0.464 e. The number of carbonyl (C=O) groups excluding carboxylic acids is 1. The summed E-state index contributed by atoms with van der Waals surface area (Å²) in [4.78, 5) is 17.8. The highest BCUT2D eigenvalue weighted by atomic mass is 16.5. The second kappa shape index (κ2) is 8.24. The molecule has 1 aromatic carbocycles. The zero-order valence-electron chi connectivity index (χ0n) is 15.3. The molecule has 2 aromatic heterocycles. The summed E-state index contributed by atoms with van der Waals surface area (Å²) in [7, 11) is 0. The predicted octanol–water partition coefficient (Wildman–Crippen LogP) is 3.03. The van der Waals surface area contributed by atoms with E-state index in [1.165, 1.54) is 11.6 Å². The Morgan fingerprint density at radius 1 is 1.32 bits per heavy atom. The molecule has 1 aliphatic heterocycles. The maximum Gasteiger partial charge on any atom is 0.267 e. The summed E-state index contributed by atoms with van der Waals surface area (Å²) >= 11 is 0. The molecule has 7 heteroatoms. The molecular formula is C21H22N4O3. The smallest absolute Gasteiger partial charge is 0.267 e. The summed E-state index contributed by atoms with van der Waals surface area (Å²) in [5.74, 6) is 0.246. The molecule has 0 bridgehead atoms. The Balaban J connectivity index is 1.30. The average Bonchev–Trinajstić information content (AvgIpc) is 3.36. The zero-order valence-corrected chi connectivity index (χ0v) is 15.3. The normalized spacial score (nSPS) is 17.4. The monoisotopic (exact) mass is 378 g/mol. The number of benzene rings is 1. The Bertz CT molecular complexity index is 981. The number of rotatable bonds is 6. The van der Waals surface area contributed by atoms with Gasteiger partial charge in [-0.15, -0.1) is 0 Å². The fraction of sp³-hybridized carbons (Fsp3) is 0.238. The first kappa shape index (κ1) is 18.2. The number of nitrogens with zero attached hydrogens (tertiary/aromatic N) is 2. The van der Waals surface area contributed by atoms with Crippen molar-refractivity contribution in [2.45, 2.75) is 19.0 Å². The Morgan fingerprint density at radius 3 is 3.07 bits per heavy atom. The molecule has 7 nitrogen and oxygen atoms in total. The van der Waals surface area contributed by atoms with Gasteiger partial charge in [-0.3, -0.25) is 14.9 Å². The summed E-state index contributed by atoms with van der Waals surface area (Å²) in [6.45, 7) is 2.92. The molecule has 0 radical (unpaired) electrons. The van der Waals surface area contributed by atoms with Crippen LogP contribution < -0.4 is 10.8 Å². The van der Waals surface area contributed by atoms with Crippen LogP contribution in [0.3, 0.4) is 0 Å². The molecule has 1 aliphatic rings. The summed E-state index contributed by atoms with van der Waals surface area (Å²) in [6, 6.07) is 12.5. The van der Waals surface area contributed by atoms with Crippen LogP contribution >= 0.6 is 0 Å². The number of aromatic nitrogens is 1. The van der Waals surface area contributed by atoms with Crippen LogP contribution in [0.1, 0.15) is 17.5 Å². The minimum absolute atomic E-state index is 0.353. The van der Waals surface area contributed by atoms with E-state index in [0.717, 1.165) is 48.4 Å². The molecule has 0 spiro atoms. The number of hydroxylamine groups is 1. The summed E-state index contributed by atoms with van der Waals surface area (Å²) in [5, 5.41) is 13.1. The first-order valence-electron chi connectivity index (χ1n) is 9.23. The Hall–Kier alpha value is -3.16. The van der Waals surface area contributed by atoms with Crippen LogP contribution in [0.2, 0.25) is 0 Å². The number of carbonyl (C=O) groups is 1. The fourth-order valence-corrected chi connectivity index (χ4v) is 3.47. The van der Waals surface area contributed by atoms with Gasteiger partial charge in [-0.1, -0.05) is 6.07 Å². The van der Waals surface area contributed by atoms with Gasteiger partial charge < -0.3 is 9.73 Å². The Kier molecular flexibility index (Phi) is 5.36. The van der Waals surface area contributed by atoms with E-state index in [1.54, 1.807) is 24.0 Å². The van der Waals surface area contributed by atoms with Gasteiger partial charge in [0.15, 0.2) is 0 Å². The van der Waals surface area contributed by atoms with Crippen molar-refractivity contribution in [3.05, 3.63) is 66.1 Å². The van der Waals surface area contributed by atoms with Crippen molar-refractivity contribution >= 4 is 28.8 Å². The molecule has 3 aromatic rings. The molecule has 1 saturated heterocycles. The van der Waals surface area contributed by atoms with Crippen molar-refractivity contribution in [2.75, 3.05) is 18.4 Å². The summed E-state index contributed by atoms with van der Waals surface area (Å²) in [5.41, 5.74) is 4.55. The van der Waals surface area contributed by atoms with Crippen LogP contribution in [0.5, 0.6) is 0 Å². The Labute approximate surface area is 162 Å². The molecule has 0 aliphatic carbocycles. The number of amides is 1. The molecule has 1 fully saturated rings. The van der Waals surface area contributed by atoms with Gasteiger partial charge in [-0.05, 0) is 54.0 Å². The van der Waals surface area contributed by atoms with Crippen molar-refractivity contribution in [1.29, 1.82) is 0 Å². The lowest BCUT2D eigenvalue weighted by atomic mass is 10.1. The largest absolute Gasteiger partial charge is 0.464 e. The van der Waals surface area contributed by atoms with Gasteiger partial charge in [0.2, 0.25) is 0 Å². The first-order chi connectivity index (χ1) is 13.7. The molecule has 4 rings (SSSR count). The molecule has 3 N–H and O–H groups in total. The second-order valence-corrected chi connectivity index (χ2v) is 6.94. The molecule has 28 heavy (non-hydrogen) atoms. The number of nitrogens with one attached hydrogen (secondary N) is 2. The lowest BCUT2D eigenvalue weighted by Crippen LogP contribution is -2.26. The lowest BCUT2D eigenvalue weighted by Gasteiger charge is -2.17. The summed E-state index contributed by atoms with van der Waals surface area (Å²) < 4.78 is 5.40. The van der Waals surface area contributed by atoms with Gasteiger partial charge in [-0.2, -0.15) is 0 Å². The van der Waals surface area contributed by atoms with Crippen molar-refractivity contribution < 1.29 is 14.4 Å². The second-order valence-electron chi connectivity index (χ2n) is 6.94. The maximum absolute atomic E-state index is 11.0. The molecule has 1 amide bonds. The summed E-state index contributed by atoms with van der Waals surface area (Å²) in [6.07, 6.45) is 7.32. The van der Waals surface area contributed by atoms with Crippen molar-refractivity contribution in [1.82, 2.24) is 15.4 Å². The topological polar surface area (TPSA) is 90.6 Å². The SMILES string of the molecule is O=C(/C=C/c1ccc(N[C@@H]2CCN(Cc3ccc4occc4c3)C2)nc1)NO. The number of furan rings is 1. The average molecular weight is 378 g/mol.